The number of nitrogens with one attached hydrogen (secondary N) is 1. The van der Waals surface area contributed by atoms with E-state index in [2.05, 4.69) is 17.2 Å². The minimum atomic E-state index is -0.0556. The van der Waals surface area contributed by atoms with Crippen LogP contribution in [0.1, 0.15) is 29.3 Å². The lowest BCUT2D eigenvalue weighted by Crippen LogP contribution is -2.05. The van der Waals surface area contributed by atoms with Crippen molar-refractivity contribution in [1.29, 1.82) is 0 Å². The van der Waals surface area contributed by atoms with E-state index >= 15 is 0 Å². The maximum absolute atomic E-state index is 12.4. The van der Waals surface area contributed by atoms with E-state index in [0.29, 0.717) is 23.1 Å². The molecule has 3 rings (SSSR count). The first-order valence-electron chi connectivity index (χ1n) is 9.15. The van der Waals surface area contributed by atoms with Crippen LogP contribution in [-0.2, 0) is 0 Å². The predicted molar refractivity (Wildman–Crippen MR) is 117 cm³/mol. The Kier molecular flexibility index (Phi) is 6.76. The van der Waals surface area contributed by atoms with E-state index in [0.717, 1.165) is 28.6 Å². The first-order chi connectivity index (χ1) is 13.6. The number of hydrogen-bond donors (Lipinski definition) is 1. The zero-order valence-corrected chi connectivity index (χ0v) is 17.1. The van der Waals surface area contributed by atoms with Crippen LogP contribution in [0.2, 0.25) is 0 Å². The third-order valence-electron chi connectivity index (χ3n) is 4.44. The Morgan fingerprint density at radius 1 is 1.18 bits per heavy atom. The summed E-state index contributed by atoms with van der Waals surface area (Å²) < 4.78 is 10.5. The lowest BCUT2D eigenvalue weighted by molar-refractivity contribution is 0.104. The summed E-state index contributed by atoms with van der Waals surface area (Å²) in [7, 11) is 3.18. The van der Waals surface area contributed by atoms with Gasteiger partial charge >= 0.3 is 0 Å². The normalized spacial score (nSPS) is 16.1. The van der Waals surface area contributed by atoms with Crippen LogP contribution in [0.15, 0.2) is 53.5 Å². The summed E-state index contributed by atoms with van der Waals surface area (Å²) in [6, 6.07) is 13.4. The molecule has 5 nitrogen and oxygen atoms in total. The molecule has 1 N–H and O–H groups in total. The van der Waals surface area contributed by atoms with E-state index in [1.807, 2.05) is 42.5 Å². The zero-order chi connectivity index (χ0) is 19.9. The molecule has 2 aromatic rings. The fourth-order valence-electron chi connectivity index (χ4n) is 2.76. The molecule has 0 spiro atoms. The third-order valence-corrected chi connectivity index (χ3v) is 5.47. The number of ether oxygens (including phenoxy) is 2. The highest BCUT2D eigenvalue weighted by atomic mass is 32.2. The van der Waals surface area contributed by atoms with Crippen molar-refractivity contribution in [3.8, 4) is 11.5 Å². The maximum Gasteiger partial charge on any atom is 0.185 e. The number of allylic oxidation sites excluding steroid dienone is 1. The molecule has 1 unspecified atom stereocenters. The minimum absolute atomic E-state index is 0.0556. The van der Waals surface area contributed by atoms with Gasteiger partial charge in [-0.05, 0) is 54.5 Å². The van der Waals surface area contributed by atoms with Gasteiger partial charge in [0.2, 0.25) is 0 Å². The molecule has 0 saturated carbocycles. The van der Waals surface area contributed by atoms with Gasteiger partial charge in [-0.2, -0.15) is 0 Å². The van der Waals surface area contributed by atoms with Gasteiger partial charge in [0.25, 0.3) is 0 Å². The molecule has 0 radical (unpaired) electrons. The van der Waals surface area contributed by atoms with Gasteiger partial charge in [-0.25, -0.2) is 0 Å². The Bertz CT molecular complexity index is 891. The van der Waals surface area contributed by atoms with Crippen LogP contribution in [0.4, 0.5) is 5.69 Å². The second kappa shape index (κ2) is 9.46. The molecule has 0 bridgehead atoms. The average Bonchev–Trinajstić information content (AvgIpc) is 3.19. The summed E-state index contributed by atoms with van der Waals surface area (Å²) in [5.41, 5.74) is 2.43. The highest BCUT2D eigenvalue weighted by molar-refractivity contribution is 8.14. The minimum Gasteiger partial charge on any atom is -0.493 e. The Balaban J connectivity index is 1.64. The van der Waals surface area contributed by atoms with Crippen LogP contribution in [0.25, 0.3) is 6.08 Å². The van der Waals surface area contributed by atoms with Crippen molar-refractivity contribution < 1.29 is 14.3 Å². The summed E-state index contributed by atoms with van der Waals surface area (Å²) in [4.78, 5) is 17.1. The van der Waals surface area contributed by atoms with Crippen molar-refractivity contribution in [2.45, 2.75) is 19.4 Å². The van der Waals surface area contributed by atoms with Gasteiger partial charge in [-0.3, -0.25) is 9.79 Å². The van der Waals surface area contributed by atoms with Crippen molar-refractivity contribution in [2.75, 3.05) is 25.3 Å². The quantitative estimate of drug-likeness (QED) is 0.533. The van der Waals surface area contributed by atoms with Crippen molar-refractivity contribution in [3.05, 3.63) is 59.7 Å². The second-order valence-corrected chi connectivity index (χ2v) is 7.33. The van der Waals surface area contributed by atoms with Crippen molar-refractivity contribution in [3.63, 3.8) is 0 Å². The Morgan fingerprint density at radius 2 is 1.93 bits per heavy atom. The average molecular weight is 397 g/mol. The Hall–Kier alpha value is -2.73. The number of carbonyl (C=O) groups excluding carboxylic acids is 1. The summed E-state index contributed by atoms with van der Waals surface area (Å²) in [6.07, 6.45) is 4.38. The van der Waals surface area contributed by atoms with Gasteiger partial charge in [0.15, 0.2) is 22.4 Å². The fraction of sp³-hybridized carbons (Fsp3) is 0.273. The predicted octanol–water partition coefficient (Wildman–Crippen LogP) is 4.89. The van der Waals surface area contributed by atoms with E-state index in [9.17, 15) is 4.79 Å². The Morgan fingerprint density at radius 3 is 2.57 bits per heavy atom. The van der Waals surface area contributed by atoms with E-state index in [-0.39, 0.29) is 5.78 Å². The number of methoxy groups -OCH3 is 2. The van der Waals surface area contributed by atoms with Crippen molar-refractivity contribution in [2.24, 2.45) is 4.99 Å². The number of rotatable bonds is 7. The molecule has 0 aromatic heterocycles. The molecular weight excluding hydrogens is 372 g/mol. The number of anilines is 1. The molecule has 1 atom stereocenters. The largest absolute Gasteiger partial charge is 0.493 e. The van der Waals surface area contributed by atoms with Gasteiger partial charge in [-0.15, -0.1) is 0 Å². The molecule has 0 fully saturated rings. The number of amidine groups is 1. The van der Waals surface area contributed by atoms with E-state index in [4.69, 9.17) is 9.47 Å². The summed E-state index contributed by atoms with van der Waals surface area (Å²) in [5.74, 6) is 2.26. The second-order valence-electron chi connectivity index (χ2n) is 6.32. The zero-order valence-electron chi connectivity index (χ0n) is 16.3. The van der Waals surface area contributed by atoms with Gasteiger partial charge in [0.05, 0.1) is 20.3 Å². The number of hydrogen-bond acceptors (Lipinski definition) is 6. The molecule has 1 aliphatic rings. The van der Waals surface area contributed by atoms with Crippen molar-refractivity contribution in [1.82, 2.24) is 0 Å². The molecule has 6 heteroatoms. The lowest BCUT2D eigenvalue weighted by atomic mass is 10.1. The highest BCUT2D eigenvalue weighted by Crippen LogP contribution is 2.28. The van der Waals surface area contributed by atoms with Crippen LogP contribution >= 0.6 is 11.8 Å². The van der Waals surface area contributed by atoms with E-state index in [1.165, 1.54) is 0 Å². The van der Waals surface area contributed by atoms with E-state index < -0.39 is 0 Å². The van der Waals surface area contributed by atoms with Crippen molar-refractivity contribution >= 4 is 34.5 Å². The van der Waals surface area contributed by atoms with Gasteiger partial charge in [0.1, 0.15) is 0 Å². The van der Waals surface area contributed by atoms with Crippen LogP contribution < -0.4 is 14.8 Å². The third kappa shape index (κ3) is 4.95. The first-order valence-corrected chi connectivity index (χ1v) is 10.1. The van der Waals surface area contributed by atoms with Gasteiger partial charge in [-0.1, -0.05) is 30.8 Å². The fourth-order valence-corrected chi connectivity index (χ4v) is 3.83. The summed E-state index contributed by atoms with van der Waals surface area (Å²) >= 11 is 1.73. The van der Waals surface area contributed by atoms with Crippen LogP contribution in [0.5, 0.6) is 11.5 Å². The topological polar surface area (TPSA) is 59.9 Å². The number of carbonyl (C=O) groups is 1. The molecule has 1 heterocycles. The van der Waals surface area contributed by atoms with Crippen LogP contribution in [0, 0.1) is 0 Å². The van der Waals surface area contributed by atoms with Crippen LogP contribution in [-0.4, -0.2) is 37.0 Å². The molecule has 2 aromatic carbocycles. The molecule has 0 amide bonds. The van der Waals surface area contributed by atoms with Gasteiger partial charge < -0.3 is 14.8 Å². The monoisotopic (exact) mass is 396 g/mol. The van der Waals surface area contributed by atoms with Crippen LogP contribution in [0.3, 0.4) is 0 Å². The highest BCUT2D eigenvalue weighted by Gasteiger charge is 2.16. The number of aliphatic imine (C=N–C) groups is 1. The van der Waals surface area contributed by atoms with E-state index in [1.54, 1.807) is 38.1 Å². The molecule has 0 aliphatic carbocycles. The SMILES string of the molecule is CCC1CSC(Nc2ccc(C(=O)/C=C/c3ccc(OC)c(OC)c3)cc2)=N1. The number of benzene rings is 2. The molecular formula is C22H24N2O3S. The Labute approximate surface area is 169 Å². The summed E-state index contributed by atoms with van der Waals surface area (Å²) in [5, 5.41) is 4.25. The first kappa shape index (κ1) is 20.0. The molecule has 0 saturated heterocycles. The number of thioether (sulfide) groups is 1. The standard InChI is InChI=1S/C22H24N2O3S/c1-4-17-14-28-22(23-17)24-18-9-7-16(8-10-18)19(25)11-5-15-6-12-20(26-2)21(13-15)27-3/h5-13,17H,4,14H2,1-3H3,(H,23,24)/b11-5+. The molecule has 146 valence electrons. The van der Waals surface area contributed by atoms with Gasteiger partial charge in [0, 0.05) is 17.0 Å². The smallest absolute Gasteiger partial charge is 0.185 e. The maximum atomic E-state index is 12.4. The molecule has 28 heavy (non-hydrogen) atoms. The number of nitrogens with zero attached hydrogens (tertiary/aromatic N) is 1. The number of ketones is 1. The lowest BCUT2D eigenvalue weighted by Gasteiger charge is -2.07. The molecule has 1 aliphatic heterocycles. The summed E-state index contributed by atoms with van der Waals surface area (Å²) in [6.45, 7) is 2.15.